The second-order valence-electron chi connectivity index (χ2n) is 5.09. The van der Waals surface area contributed by atoms with Crippen molar-refractivity contribution in [3.63, 3.8) is 0 Å². The monoisotopic (exact) mass is 235 g/mol. The van der Waals surface area contributed by atoms with Gasteiger partial charge < -0.3 is 10.3 Å². The van der Waals surface area contributed by atoms with Crippen molar-refractivity contribution in [3.05, 3.63) is 18.2 Å². The van der Waals surface area contributed by atoms with E-state index < -0.39 is 5.54 Å². The summed E-state index contributed by atoms with van der Waals surface area (Å²) in [7, 11) is 1.95. The Morgan fingerprint density at radius 2 is 2.18 bits per heavy atom. The van der Waals surface area contributed by atoms with E-state index >= 15 is 0 Å². The van der Waals surface area contributed by atoms with Crippen LogP contribution < -0.4 is 5.73 Å². The molecule has 2 rings (SSSR count). The Balaban J connectivity index is 1.91. The molecule has 0 aliphatic heterocycles. The number of carbonyl (C=O) groups excluding carboxylic acids is 1. The van der Waals surface area contributed by atoms with Crippen LogP contribution in [0.15, 0.2) is 12.4 Å². The van der Waals surface area contributed by atoms with Crippen molar-refractivity contribution in [1.82, 2.24) is 9.55 Å². The molecule has 94 valence electrons. The van der Waals surface area contributed by atoms with Crippen LogP contribution in [0.5, 0.6) is 0 Å². The van der Waals surface area contributed by atoms with Crippen molar-refractivity contribution in [2.75, 3.05) is 0 Å². The zero-order chi connectivity index (χ0) is 12.3. The number of rotatable bonds is 4. The van der Waals surface area contributed by atoms with Crippen LogP contribution in [0, 0.1) is 0 Å². The standard InChI is InChI=1S/C13H21N3O/c1-16-10-9-15-12(16)6-5-11(17)13(14)7-3-2-4-8-13/h9-10H,2-8,14H2,1H3. The molecule has 0 saturated heterocycles. The number of nitrogens with two attached hydrogens (primary N) is 1. The summed E-state index contributed by atoms with van der Waals surface area (Å²) >= 11 is 0. The molecule has 0 atom stereocenters. The van der Waals surface area contributed by atoms with E-state index in [1.807, 2.05) is 17.8 Å². The molecule has 1 aromatic heterocycles. The summed E-state index contributed by atoms with van der Waals surface area (Å²) in [4.78, 5) is 16.4. The third kappa shape index (κ3) is 2.75. The van der Waals surface area contributed by atoms with Crippen molar-refractivity contribution in [1.29, 1.82) is 0 Å². The minimum atomic E-state index is -0.552. The first-order chi connectivity index (χ1) is 8.12. The fraction of sp³-hybridized carbons (Fsp3) is 0.692. The zero-order valence-electron chi connectivity index (χ0n) is 10.5. The van der Waals surface area contributed by atoms with Crippen LogP contribution >= 0.6 is 0 Å². The summed E-state index contributed by atoms with van der Waals surface area (Å²) in [5, 5.41) is 0. The summed E-state index contributed by atoms with van der Waals surface area (Å²) in [5.74, 6) is 1.16. The lowest BCUT2D eigenvalue weighted by Crippen LogP contribution is -2.49. The molecule has 0 aromatic carbocycles. The Hall–Kier alpha value is -1.16. The second kappa shape index (κ2) is 5.00. The first kappa shape index (κ1) is 12.3. The molecule has 0 unspecified atom stereocenters. The number of ketones is 1. The van der Waals surface area contributed by atoms with Gasteiger partial charge in [-0.15, -0.1) is 0 Å². The van der Waals surface area contributed by atoms with Crippen LogP contribution in [0.1, 0.15) is 44.3 Å². The number of carbonyl (C=O) groups is 1. The van der Waals surface area contributed by atoms with Gasteiger partial charge in [0.15, 0.2) is 5.78 Å². The lowest BCUT2D eigenvalue weighted by molar-refractivity contribution is -0.125. The van der Waals surface area contributed by atoms with Crippen molar-refractivity contribution < 1.29 is 4.79 Å². The fourth-order valence-electron chi connectivity index (χ4n) is 2.57. The number of Topliss-reactive ketones (excluding diaryl/α,β-unsaturated/α-hetero) is 1. The van der Waals surface area contributed by atoms with E-state index in [1.165, 1.54) is 6.42 Å². The topological polar surface area (TPSA) is 60.9 Å². The molecule has 17 heavy (non-hydrogen) atoms. The molecule has 1 aliphatic carbocycles. The summed E-state index contributed by atoms with van der Waals surface area (Å²) in [5.41, 5.74) is 5.65. The van der Waals surface area contributed by atoms with Gasteiger partial charge in [-0.25, -0.2) is 4.98 Å². The van der Waals surface area contributed by atoms with Crippen molar-refractivity contribution in [2.45, 2.75) is 50.5 Å². The van der Waals surface area contributed by atoms with Gasteiger partial charge in [0.25, 0.3) is 0 Å². The molecule has 0 bridgehead atoms. The van der Waals surface area contributed by atoms with Gasteiger partial charge in [-0.2, -0.15) is 0 Å². The van der Waals surface area contributed by atoms with E-state index in [4.69, 9.17) is 5.73 Å². The highest BCUT2D eigenvalue weighted by Gasteiger charge is 2.34. The highest BCUT2D eigenvalue weighted by molar-refractivity contribution is 5.88. The molecule has 0 spiro atoms. The predicted octanol–water partition coefficient (Wildman–Crippen LogP) is 1.58. The lowest BCUT2D eigenvalue weighted by atomic mass is 9.78. The SMILES string of the molecule is Cn1ccnc1CCC(=O)C1(N)CCCCC1. The Kier molecular flexibility index (Phi) is 3.62. The first-order valence-electron chi connectivity index (χ1n) is 6.40. The normalized spacial score (nSPS) is 19.2. The summed E-state index contributed by atoms with van der Waals surface area (Å²) < 4.78 is 1.96. The highest BCUT2D eigenvalue weighted by Crippen LogP contribution is 2.27. The maximum absolute atomic E-state index is 12.2. The maximum atomic E-state index is 12.2. The Bertz CT molecular complexity index is 391. The Morgan fingerprint density at radius 3 is 2.76 bits per heavy atom. The Morgan fingerprint density at radius 1 is 1.47 bits per heavy atom. The number of hydrogen-bond donors (Lipinski definition) is 1. The van der Waals surface area contributed by atoms with Gasteiger partial charge in [-0.05, 0) is 12.8 Å². The molecule has 1 aliphatic rings. The Labute approximate surface area is 102 Å². The van der Waals surface area contributed by atoms with Gasteiger partial charge in [0.1, 0.15) is 5.82 Å². The molecule has 4 nitrogen and oxygen atoms in total. The minimum Gasteiger partial charge on any atom is -0.338 e. The largest absolute Gasteiger partial charge is 0.338 e. The number of aryl methyl sites for hydroxylation is 2. The third-order valence-corrected chi connectivity index (χ3v) is 3.80. The van der Waals surface area contributed by atoms with Gasteiger partial charge in [-0.3, -0.25) is 4.79 Å². The molecule has 1 aromatic rings. The summed E-state index contributed by atoms with van der Waals surface area (Å²) in [6.07, 6.45) is 9.97. The second-order valence-corrected chi connectivity index (χ2v) is 5.09. The van der Waals surface area contributed by atoms with E-state index in [9.17, 15) is 4.79 Å². The van der Waals surface area contributed by atoms with E-state index in [-0.39, 0.29) is 5.78 Å². The summed E-state index contributed by atoms with van der Waals surface area (Å²) in [6.45, 7) is 0. The number of imidazole rings is 1. The predicted molar refractivity (Wildman–Crippen MR) is 66.5 cm³/mol. The van der Waals surface area contributed by atoms with Crippen LogP contribution in [-0.4, -0.2) is 20.9 Å². The van der Waals surface area contributed by atoms with Crippen LogP contribution in [-0.2, 0) is 18.3 Å². The molecule has 1 saturated carbocycles. The molecule has 4 heteroatoms. The molecule has 0 amide bonds. The van der Waals surface area contributed by atoms with E-state index in [0.717, 1.165) is 31.5 Å². The molecular weight excluding hydrogens is 214 g/mol. The van der Waals surface area contributed by atoms with Crippen LogP contribution in [0.3, 0.4) is 0 Å². The average Bonchev–Trinajstić information content (AvgIpc) is 2.73. The molecular formula is C13H21N3O. The lowest BCUT2D eigenvalue weighted by Gasteiger charge is -2.31. The molecule has 2 N–H and O–H groups in total. The van der Waals surface area contributed by atoms with Gasteiger partial charge in [0.2, 0.25) is 0 Å². The van der Waals surface area contributed by atoms with E-state index in [1.54, 1.807) is 6.20 Å². The molecule has 0 radical (unpaired) electrons. The quantitative estimate of drug-likeness (QED) is 0.862. The summed E-state index contributed by atoms with van der Waals surface area (Å²) in [6, 6.07) is 0. The van der Waals surface area contributed by atoms with Crippen molar-refractivity contribution in [3.8, 4) is 0 Å². The van der Waals surface area contributed by atoms with Gasteiger partial charge in [0.05, 0.1) is 5.54 Å². The van der Waals surface area contributed by atoms with Gasteiger partial charge in [-0.1, -0.05) is 19.3 Å². The average molecular weight is 235 g/mol. The van der Waals surface area contributed by atoms with Gasteiger partial charge >= 0.3 is 0 Å². The minimum absolute atomic E-state index is 0.209. The van der Waals surface area contributed by atoms with Crippen LogP contribution in [0.25, 0.3) is 0 Å². The maximum Gasteiger partial charge on any atom is 0.153 e. The van der Waals surface area contributed by atoms with Crippen molar-refractivity contribution in [2.24, 2.45) is 12.8 Å². The third-order valence-electron chi connectivity index (χ3n) is 3.80. The van der Waals surface area contributed by atoms with Crippen LogP contribution in [0.2, 0.25) is 0 Å². The number of nitrogens with zero attached hydrogens (tertiary/aromatic N) is 2. The van der Waals surface area contributed by atoms with Gasteiger partial charge in [0, 0.05) is 32.3 Å². The smallest absolute Gasteiger partial charge is 0.153 e. The molecule has 1 heterocycles. The number of hydrogen-bond acceptors (Lipinski definition) is 3. The van der Waals surface area contributed by atoms with Crippen LogP contribution in [0.4, 0.5) is 0 Å². The fourth-order valence-corrected chi connectivity index (χ4v) is 2.57. The first-order valence-corrected chi connectivity index (χ1v) is 6.40. The van der Waals surface area contributed by atoms with E-state index in [0.29, 0.717) is 12.8 Å². The highest BCUT2D eigenvalue weighted by atomic mass is 16.1. The molecule has 1 fully saturated rings. The number of aromatic nitrogens is 2. The van der Waals surface area contributed by atoms with E-state index in [2.05, 4.69) is 4.98 Å². The van der Waals surface area contributed by atoms with Crippen molar-refractivity contribution >= 4 is 5.78 Å². The zero-order valence-corrected chi connectivity index (χ0v) is 10.5.